The van der Waals surface area contributed by atoms with Crippen molar-refractivity contribution in [2.45, 2.75) is 27.2 Å². The molecule has 22 heavy (non-hydrogen) atoms. The van der Waals surface area contributed by atoms with Gasteiger partial charge in [0.1, 0.15) is 0 Å². The number of hydrogen-bond acceptors (Lipinski definition) is 3. The Labute approximate surface area is 134 Å². The Balaban J connectivity index is 3.40. The van der Waals surface area contributed by atoms with Gasteiger partial charge in [-0.05, 0) is 50.0 Å². The van der Waals surface area contributed by atoms with Gasteiger partial charge in [-0.25, -0.2) is 0 Å². The molecule has 0 atom stereocenters. The monoisotopic (exact) mass is 301 g/mol. The minimum Gasteiger partial charge on any atom is -0.396 e. The first kappa shape index (κ1) is 18.3. The smallest absolute Gasteiger partial charge is 0.0716 e. The Kier molecular flexibility index (Phi) is 7.78. The van der Waals surface area contributed by atoms with Gasteiger partial charge in [0.05, 0.1) is 18.9 Å². The number of aliphatic imine (C=N–C) groups is 1. The fourth-order valence-corrected chi connectivity index (χ4v) is 2.54. The molecule has 0 heterocycles. The number of methoxy groups -OCH3 is 1. The van der Waals surface area contributed by atoms with Gasteiger partial charge >= 0.3 is 0 Å². The standard InChI is InChI=1S/C19H27NO2/c1-6-7-15(3)19(20-9-11-22-5)18-13-14(2)12-16(4)17(18)8-10-21/h6-7,12-13,21H,3,8-11H2,1-2,4-5H3/b7-6-,20-19?. The van der Waals surface area contributed by atoms with Crippen molar-refractivity contribution in [3.63, 3.8) is 0 Å². The summed E-state index contributed by atoms with van der Waals surface area (Å²) in [4.78, 5) is 4.69. The first-order valence-electron chi connectivity index (χ1n) is 7.61. The number of nitrogens with zero attached hydrogens (tertiary/aromatic N) is 1. The van der Waals surface area contributed by atoms with E-state index >= 15 is 0 Å². The first-order valence-corrected chi connectivity index (χ1v) is 7.61. The fourth-order valence-electron chi connectivity index (χ4n) is 2.54. The molecule has 3 heteroatoms. The highest BCUT2D eigenvalue weighted by Gasteiger charge is 2.14. The molecule has 0 aliphatic carbocycles. The maximum atomic E-state index is 9.38. The fraction of sp³-hybridized carbons (Fsp3) is 0.421. The van der Waals surface area contributed by atoms with Gasteiger partial charge in [0.25, 0.3) is 0 Å². The first-order chi connectivity index (χ1) is 10.5. The van der Waals surface area contributed by atoms with Crippen LogP contribution in [0.3, 0.4) is 0 Å². The SMILES string of the molecule is C=C(/C=C\C)C(=NCCOC)c1cc(C)cc(C)c1CCO. The summed E-state index contributed by atoms with van der Waals surface area (Å²) in [7, 11) is 1.67. The number of ether oxygens (including phenoxy) is 1. The van der Waals surface area contributed by atoms with Crippen molar-refractivity contribution in [1.82, 2.24) is 0 Å². The van der Waals surface area contributed by atoms with Gasteiger partial charge in [0.2, 0.25) is 0 Å². The molecule has 0 amide bonds. The summed E-state index contributed by atoms with van der Waals surface area (Å²) in [5, 5.41) is 9.38. The van der Waals surface area contributed by atoms with E-state index in [9.17, 15) is 5.11 Å². The number of benzene rings is 1. The van der Waals surface area contributed by atoms with E-state index in [1.807, 2.05) is 19.1 Å². The minimum absolute atomic E-state index is 0.123. The summed E-state index contributed by atoms with van der Waals surface area (Å²) in [5.74, 6) is 0. The van der Waals surface area contributed by atoms with E-state index in [1.165, 1.54) is 11.1 Å². The highest BCUT2D eigenvalue weighted by molar-refractivity contribution is 6.15. The lowest BCUT2D eigenvalue weighted by atomic mass is 9.91. The van der Waals surface area contributed by atoms with E-state index < -0.39 is 0 Å². The van der Waals surface area contributed by atoms with E-state index in [4.69, 9.17) is 4.74 Å². The Hall–Kier alpha value is -1.71. The van der Waals surface area contributed by atoms with Crippen molar-refractivity contribution in [3.8, 4) is 0 Å². The summed E-state index contributed by atoms with van der Waals surface area (Å²) >= 11 is 0. The average molecular weight is 301 g/mol. The lowest BCUT2D eigenvalue weighted by molar-refractivity contribution is 0.208. The molecule has 0 aromatic heterocycles. The van der Waals surface area contributed by atoms with Crippen LogP contribution in [0.5, 0.6) is 0 Å². The van der Waals surface area contributed by atoms with Gasteiger partial charge in [-0.2, -0.15) is 0 Å². The van der Waals surface area contributed by atoms with Crippen molar-refractivity contribution in [1.29, 1.82) is 0 Å². The predicted octanol–water partition coefficient (Wildman–Crippen LogP) is 3.41. The summed E-state index contributed by atoms with van der Waals surface area (Å²) < 4.78 is 5.10. The van der Waals surface area contributed by atoms with E-state index in [0.717, 1.165) is 22.4 Å². The molecule has 1 aromatic carbocycles. The average Bonchev–Trinajstić information content (AvgIpc) is 2.46. The normalized spacial score (nSPS) is 12.1. The topological polar surface area (TPSA) is 41.8 Å². The van der Waals surface area contributed by atoms with Crippen molar-refractivity contribution >= 4 is 5.71 Å². The second-order valence-corrected chi connectivity index (χ2v) is 5.33. The lowest BCUT2D eigenvalue weighted by Gasteiger charge is -2.16. The number of rotatable bonds is 8. The van der Waals surface area contributed by atoms with Gasteiger partial charge in [-0.1, -0.05) is 30.4 Å². The summed E-state index contributed by atoms with van der Waals surface area (Å²) in [6.07, 6.45) is 4.54. The molecule has 1 N–H and O–H groups in total. The molecule has 0 aliphatic rings. The number of aryl methyl sites for hydroxylation is 2. The third-order valence-corrected chi connectivity index (χ3v) is 3.47. The predicted molar refractivity (Wildman–Crippen MR) is 93.9 cm³/mol. The van der Waals surface area contributed by atoms with Crippen molar-refractivity contribution in [2.75, 3.05) is 26.9 Å². The molecule has 0 bridgehead atoms. The maximum Gasteiger partial charge on any atom is 0.0716 e. The molecule has 0 fully saturated rings. The molecule has 0 spiro atoms. The van der Waals surface area contributed by atoms with E-state index in [2.05, 4.69) is 37.6 Å². The van der Waals surface area contributed by atoms with Crippen LogP contribution in [0.1, 0.15) is 29.2 Å². The molecular formula is C19H27NO2. The van der Waals surface area contributed by atoms with Gasteiger partial charge in [-0.3, -0.25) is 4.99 Å². The second-order valence-electron chi connectivity index (χ2n) is 5.33. The van der Waals surface area contributed by atoms with Crippen LogP contribution in [0.15, 0.2) is 41.4 Å². The minimum atomic E-state index is 0.123. The number of aliphatic hydroxyl groups is 1. The van der Waals surface area contributed by atoms with Crippen LogP contribution in [-0.2, 0) is 11.2 Å². The molecule has 0 saturated carbocycles. The summed E-state index contributed by atoms with van der Waals surface area (Å²) in [6, 6.07) is 4.26. The largest absolute Gasteiger partial charge is 0.396 e. The zero-order chi connectivity index (χ0) is 16.5. The zero-order valence-electron chi connectivity index (χ0n) is 14.1. The Bertz CT molecular complexity index is 571. The van der Waals surface area contributed by atoms with Crippen LogP contribution >= 0.6 is 0 Å². The molecule has 0 aliphatic heterocycles. The molecule has 1 rings (SSSR count). The Morgan fingerprint density at radius 2 is 2.09 bits per heavy atom. The molecule has 3 nitrogen and oxygen atoms in total. The number of allylic oxidation sites excluding steroid dienone is 3. The second kappa shape index (κ2) is 9.34. The zero-order valence-corrected chi connectivity index (χ0v) is 14.1. The van der Waals surface area contributed by atoms with E-state index in [-0.39, 0.29) is 6.61 Å². The Morgan fingerprint density at radius 3 is 2.68 bits per heavy atom. The number of aliphatic hydroxyl groups excluding tert-OH is 1. The van der Waals surface area contributed by atoms with Crippen molar-refractivity contribution < 1.29 is 9.84 Å². The summed E-state index contributed by atoms with van der Waals surface area (Å²) in [6.45, 7) is 11.5. The van der Waals surface area contributed by atoms with Crippen LogP contribution in [-0.4, -0.2) is 37.7 Å². The van der Waals surface area contributed by atoms with Crippen molar-refractivity contribution in [3.05, 3.63) is 58.7 Å². The summed E-state index contributed by atoms with van der Waals surface area (Å²) in [5.41, 5.74) is 6.31. The van der Waals surface area contributed by atoms with Crippen LogP contribution in [0.25, 0.3) is 0 Å². The molecule has 1 aromatic rings. The highest BCUT2D eigenvalue weighted by Crippen LogP contribution is 2.22. The van der Waals surface area contributed by atoms with Gasteiger partial charge in [0.15, 0.2) is 0 Å². The lowest BCUT2D eigenvalue weighted by Crippen LogP contribution is -2.12. The van der Waals surface area contributed by atoms with E-state index in [0.29, 0.717) is 19.6 Å². The molecule has 0 radical (unpaired) electrons. The van der Waals surface area contributed by atoms with Crippen LogP contribution < -0.4 is 0 Å². The van der Waals surface area contributed by atoms with Crippen LogP contribution in [0.4, 0.5) is 0 Å². The maximum absolute atomic E-state index is 9.38. The van der Waals surface area contributed by atoms with Gasteiger partial charge < -0.3 is 9.84 Å². The van der Waals surface area contributed by atoms with Gasteiger partial charge in [0, 0.05) is 19.3 Å². The van der Waals surface area contributed by atoms with Gasteiger partial charge in [-0.15, -0.1) is 0 Å². The third kappa shape index (κ3) is 4.93. The molecule has 0 unspecified atom stereocenters. The van der Waals surface area contributed by atoms with Crippen LogP contribution in [0, 0.1) is 13.8 Å². The van der Waals surface area contributed by atoms with Crippen molar-refractivity contribution in [2.24, 2.45) is 4.99 Å². The molecule has 120 valence electrons. The van der Waals surface area contributed by atoms with E-state index in [1.54, 1.807) is 7.11 Å². The quantitative estimate of drug-likeness (QED) is 0.454. The third-order valence-electron chi connectivity index (χ3n) is 3.47. The molecular weight excluding hydrogens is 274 g/mol. The van der Waals surface area contributed by atoms with Crippen LogP contribution in [0.2, 0.25) is 0 Å². The Morgan fingerprint density at radius 1 is 1.36 bits per heavy atom. The number of hydrogen-bond donors (Lipinski definition) is 1. The highest BCUT2D eigenvalue weighted by atomic mass is 16.5. The molecule has 0 saturated heterocycles.